The van der Waals surface area contributed by atoms with E-state index in [1.54, 1.807) is 7.11 Å². The van der Waals surface area contributed by atoms with Gasteiger partial charge in [-0.1, -0.05) is 43.6 Å². The van der Waals surface area contributed by atoms with Crippen molar-refractivity contribution in [3.63, 3.8) is 0 Å². The molecule has 2 aromatic carbocycles. The molecule has 0 saturated heterocycles. The van der Waals surface area contributed by atoms with Gasteiger partial charge in [0.25, 0.3) is 0 Å². The Bertz CT molecular complexity index is 723. The Morgan fingerprint density at radius 2 is 1.75 bits per heavy atom. The Morgan fingerprint density at radius 3 is 2.39 bits per heavy atom. The van der Waals surface area contributed by atoms with Crippen LogP contribution >= 0.6 is 11.6 Å². The van der Waals surface area contributed by atoms with E-state index in [9.17, 15) is 5.11 Å². The van der Waals surface area contributed by atoms with E-state index >= 15 is 0 Å². The number of aliphatic hydroxyl groups excluding tert-OH is 1. The van der Waals surface area contributed by atoms with E-state index in [-0.39, 0.29) is 6.61 Å². The number of nitrogens with zero attached hydrogens (tertiary/aromatic N) is 1. The Kier molecular flexibility index (Phi) is 9.58. The lowest BCUT2D eigenvalue weighted by molar-refractivity contribution is 0.0705. The average molecular weight is 407 g/mol. The van der Waals surface area contributed by atoms with Gasteiger partial charge >= 0.3 is 0 Å². The summed E-state index contributed by atoms with van der Waals surface area (Å²) in [5.74, 6) is 1.30. The quantitative estimate of drug-likeness (QED) is 0.562. The molecule has 0 bridgehead atoms. The van der Waals surface area contributed by atoms with Crippen molar-refractivity contribution in [1.82, 2.24) is 10.2 Å². The fourth-order valence-electron chi connectivity index (χ4n) is 2.96. The van der Waals surface area contributed by atoms with Crippen LogP contribution in [0.15, 0.2) is 42.5 Å². The molecule has 6 heteroatoms. The Balaban J connectivity index is 1.86. The van der Waals surface area contributed by atoms with Gasteiger partial charge < -0.3 is 24.8 Å². The maximum Gasteiger partial charge on any atom is 0.161 e. The predicted octanol–water partition coefficient (Wildman–Crippen LogP) is 3.72. The highest BCUT2D eigenvalue weighted by Crippen LogP contribution is 2.28. The molecule has 5 nitrogen and oxygen atoms in total. The summed E-state index contributed by atoms with van der Waals surface area (Å²) in [5.41, 5.74) is 2.23. The van der Waals surface area contributed by atoms with Crippen LogP contribution in [0.5, 0.6) is 11.5 Å². The van der Waals surface area contributed by atoms with Gasteiger partial charge in [0.1, 0.15) is 12.7 Å². The van der Waals surface area contributed by atoms with Crippen molar-refractivity contribution in [3.05, 3.63) is 58.6 Å². The van der Waals surface area contributed by atoms with Gasteiger partial charge in [0.2, 0.25) is 0 Å². The minimum absolute atomic E-state index is 0.235. The molecule has 0 heterocycles. The summed E-state index contributed by atoms with van der Waals surface area (Å²) in [6.07, 6.45) is -0.538. The first kappa shape index (κ1) is 22.5. The first-order valence-electron chi connectivity index (χ1n) is 9.71. The first-order valence-corrected chi connectivity index (χ1v) is 10.1. The molecule has 0 aliphatic carbocycles. The second-order valence-electron chi connectivity index (χ2n) is 6.67. The molecular formula is C22H31ClN2O3. The van der Waals surface area contributed by atoms with Crippen LogP contribution in [-0.2, 0) is 13.1 Å². The van der Waals surface area contributed by atoms with Crippen molar-refractivity contribution in [2.75, 3.05) is 33.4 Å². The van der Waals surface area contributed by atoms with Gasteiger partial charge in [-0.15, -0.1) is 0 Å². The number of hydrogen-bond acceptors (Lipinski definition) is 5. The summed E-state index contributed by atoms with van der Waals surface area (Å²) in [6.45, 7) is 8.26. The number of ether oxygens (including phenoxy) is 2. The molecule has 2 aromatic rings. The molecule has 0 spiro atoms. The lowest BCUT2D eigenvalue weighted by Crippen LogP contribution is -2.35. The molecular weight excluding hydrogens is 376 g/mol. The molecule has 2 N–H and O–H groups in total. The number of nitrogens with one attached hydrogen (secondary N) is 1. The van der Waals surface area contributed by atoms with Crippen LogP contribution in [0.1, 0.15) is 25.0 Å². The van der Waals surface area contributed by atoms with Crippen LogP contribution in [0.4, 0.5) is 0 Å². The summed E-state index contributed by atoms with van der Waals surface area (Å²) in [7, 11) is 1.62. The minimum Gasteiger partial charge on any atom is -0.493 e. The summed E-state index contributed by atoms with van der Waals surface area (Å²) >= 11 is 6.02. The van der Waals surface area contributed by atoms with Gasteiger partial charge in [-0.25, -0.2) is 0 Å². The fourth-order valence-corrected chi connectivity index (χ4v) is 3.17. The third kappa shape index (κ3) is 7.32. The molecule has 0 unspecified atom stereocenters. The van der Waals surface area contributed by atoms with Crippen molar-refractivity contribution in [3.8, 4) is 11.5 Å². The van der Waals surface area contributed by atoms with Crippen molar-refractivity contribution in [2.24, 2.45) is 0 Å². The van der Waals surface area contributed by atoms with Crippen molar-refractivity contribution < 1.29 is 14.6 Å². The summed E-state index contributed by atoms with van der Waals surface area (Å²) in [6, 6.07) is 13.7. The Labute approximate surface area is 173 Å². The van der Waals surface area contributed by atoms with Crippen LogP contribution in [0.2, 0.25) is 5.02 Å². The minimum atomic E-state index is -0.538. The maximum atomic E-state index is 10.2. The molecule has 0 aromatic heterocycles. The van der Waals surface area contributed by atoms with E-state index in [0.717, 1.165) is 35.8 Å². The van der Waals surface area contributed by atoms with Gasteiger partial charge in [0.05, 0.1) is 7.11 Å². The average Bonchev–Trinajstić information content (AvgIpc) is 2.70. The maximum absolute atomic E-state index is 10.2. The third-order valence-corrected chi connectivity index (χ3v) is 4.81. The molecule has 28 heavy (non-hydrogen) atoms. The molecule has 0 radical (unpaired) electrons. The molecule has 154 valence electrons. The number of rotatable bonds is 12. The highest BCUT2D eigenvalue weighted by molar-refractivity contribution is 6.30. The van der Waals surface area contributed by atoms with Crippen molar-refractivity contribution >= 4 is 11.6 Å². The number of halogens is 1. The molecule has 0 amide bonds. The fraction of sp³-hybridized carbons (Fsp3) is 0.455. The summed E-state index contributed by atoms with van der Waals surface area (Å²) in [4.78, 5) is 2.17. The van der Waals surface area contributed by atoms with Gasteiger partial charge in [-0.3, -0.25) is 0 Å². The summed E-state index contributed by atoms with van der Waals surface area (Å²) < 4.78 is 11.2. The van der Waals surface area contributed by atoms with E-state index in [1.807, 2.05) is 42.5 Å². The number of benzene rings is 2. The molecule has 2 rings (SSSR count). The molecule has 1 atom stereocenters. The number of likely N-dealkylation sites (N-methyl/N-ethyl adjacent to an activating group) is 1. The second kappa shape index (κ2) is 11.9. The van der Waals surface area contributed by atoms with Crippen molar-refractivity contribution in [2.45, 2.75) is 33.0 Å². The van der Waals surface area contributed by atoms with Gasteiger partial charge in [-0.05, 0) is 48.5 Å². The highest BCUT2D eigenvalue weighted by atomic mass is 35.5. The Hall–Kier alpha value is -1.79. The van der Waals surface area contributed by atoms with Gasteiger partial charge in [-0.2, -0.15) is 0 Å². The number of hydrogen-bond donors (Lipinski definition) is 2. The third-order valence-electron chi connectivity index (χ3n) is 4.57. The van der Waals surface area contributed by atoms with Gasteiger partial charge in [0.15, 0.2) is 11.5 Å². The lowest BCUT2D eigenvalue weighted by atomic mass is 10.2. The smallest absolute Gasteiger partial charge is 0.161 e. The molecule has 0 aliphatic rings. The van der Waals surface area contributed by atoms with E-state index in [4.69, 9.17) is 21.1 Å². The van der Waals surface area contributed by atoms with E-state index in [0.29, 0.717) is 24.6 Å². The first-order chi connectivity index (χ1) is 13.5. The monoisotopic (exact) mass is 406 g/mol. The lowest BCUT2D eigenvalue weighted by Gasteiger charge is -2.22. The van der Waals surface area contributed by atoms with Crippen LogP contribution in [0, 0.1) is 0 Å². The zero-order valence-corrected chi connectivity index (χ0v) is 17.7. The van der Waals surface area contributed by atoms with Crippen LogP contribution < -0.4 is 14.8 Å². The zero-order valence-electron chi connectivity index (χ0n) is 17.0. The topological polar surface area (TPSA) is 54.0 Å². The molecule has 0 aliphatic heterocycles. The standard InChI is InChI=1S/C22H31ClN2O3/c1-4-25(5-2)15-20(26)16-28-21-10-9-18(12-22(21)27-3)14-24-13-17-7-6-8-19(23)11-17/h6-12,20,24,26H,4-5,13-16H2,1-3H3/t20-/m1/s1. The Morgan fingerprint density at radius 1 is 1.04 bits per heavy atom. The largest absolute Gasteiger partial charge is 0.493 e. The zero-order chi connectivity index (χ0) is 20.4. The summed E-state index contributed by atoms with van der Waals surface area (Å²) in [5, 5.41) is 14.3. The van der Waals surface area contributed by atoms with E-state index in [2.05, 4.69) is 24.1 Å². The normalized spacial score (nSPS) is 12.2. The number of aliphatic hydroxyl groups is 1. The highest BCUT2D eigenvalue weighted by Gasteiger charge is 2.12. The van der Waals surface area contributed by atoms with Crippen LogP contribution in [-0.4, -0.2) is 49.5 Å². The SMILES string of the molecule is CCN(CC)C[C@@H](O)COc1ccc(CNCc2cccc(Cl)c2)cc1OC. The van der Waals surface area contributed by atoms with E-state index in [1.165, 1.54) is 0 Å². The number of methoxy groups -OCH3 is 1. The second-order valence-corrected chi connectivity index (χ2v) is 7.11. The van der Waals surface area contributed by atoms with E-state index < -0.39 is 6.10 Å². The predicted molar refractivity (Wildman–Crippen MR) is 114 cm³/mol. The van der Waals surface area contributed by atoms with Crippen LogP contribution in [0.3, 0.4) is 0 Å². The molecule has 0 saturated carbocycles. The van der Waals surface area contributed by atoms with Crippen LogP contribution in [0.25, 0.3) is 0 Å². The van der Waals surface area contributed by atoms with Gasteiger partial charge in [0, 0.05) is 24.7 Å². The van der Waals surface area contributed by atoms with Crippen molar-refractivity contribution in [1.29, 1.82) is 0 Å². The molecule has 0 fully saturated rings.